The van der Waals surface area contributed by atoms with Gasteiger partial charge in [-0.25, -0.2) is 5.48 Å². The van der Waals surface area contributed by atoms with E-state index >= 15 is 0 Å². The summed E-state index contributed by atoms with van der Waals surface area (Å²) in [6.07, 6.45) is 4.69. The topological polar surface area (TPSA) is 65.4 Å². The van der Waals surface area contributed by atoms with E-state index in [1.54, 1.807) is 37.2 Å². The number of rotatable bonds is 6. The number of aryl methyl sites for hydroxylation is 1. The highest BCUT2D eigenvalue weighted by atomic mass is 16.7. The molecule has 0 saturated carbocycles. The van der Waals surface area contributed by atoms with Crippen LogP contribution < -0.4 is 5.48 Å². The van der Waals surface area contributed by atoms with E-state index in [0.29, 0.717) is 13.2 Å². The van der Waals surface area contributed by atoms with Gasteiger partial charge in [0.25, 0.3) is 5.91 Å². The zero-order valence-electron chi connectivity index (χ0n) is 9.34. The maximum atomic E-state index is 11.2. The van der Waals surface area contributed by atoms with Crippen LogP contribution in [0.5, 0.6) is 0 Å². The first-order chi connectivity index (χ1) is 7.74. The van der Waals surface area contributed by atoms with Crippen LogP contribution in [0.2, 0.25) is 0 Å². The highest BCUT2D eigenvalue weighted by Gasteiger charge is 1.96. The number of nitrogens with one attached hydrogen (secondary N) is 1. The summed E-state index contributed by atoms with van der Waals surface area (Å²) >= 11 is 0. The molecule has 1 rings (SSSR count). The molecular formula is C10H15N3O3. The number of methoxy groups -OCH3 is 1. The lowest BCUT2D eigenvalue weighted by Gasteiger charge is -2.01. The first kappa shape index (κ1) is 12.4. The molecule has 0 saturated heterocycles. The fourth-order valence-electron chi connectivity index (χ4n) is 0.990. The zero-order valence-corrected chi connectivity index (χ0v) is 9.34. The van der Waals surface area contributed by atoms with Gasteiger partial charge in [-0.1, -0.05) is 0 Å². The Labute approximate surface area is 93.8 Å². The average molecular weight is 225 g/mol. The summed E-state index contributed by atoms with van der Waals surface area (Å²) in [5, 5.41) is 3.97. The van der Waals surface area contributed by atoms with Gasteiger partial charge in [-0.3, -0.25) is 14.3 Å². The van der Waals surface area contributed by atoms with E-state index in [1.165, 1.54) is 6.08 Å². The van der Waals surface area contributed by atoms with E-state index < -0.39 is 0 Å². The lowest BCUT2D eigenvalue weighted by molar-refractivity contribution is -0.129. The molecule has 1 aromatic rings. The van der Waals surface area contributed by atoms with Crippen molar-refractivity contribution in [3.8, 4) is 0 Å². The zero-order chi connectivity index (χ0) is 11.8. The lowest BCUT2D eigenvalue weighted by atomic mass is 10.4. The molecule has 16 heavy (non-hydrogen) atoms. The van der Waals surface area contributed by atoms with Gasteiger partial charge in [0.15, 0.2) is 0 Å². The second-order valence-electron chi connectivity index (χ2n) is 3.02. The summed E-state index contributed by atoms with van der Waals surface area (Å²) in [5.41, 5.74) is 3.10. The molecule has 0 unspecified atom stereocenters. The Morgan fingerprint density at radius 1 is 1.62 bits per heavy atom. The molecule has 0 fully saturated rings. The molecular weight excluding hydrogens is 210 g/mol. The van der Waals surface area contributed by atoms with Gasteiger partial charge >= 0.3 is 0 Å². The molecule has 1 N–H and O–H groups in total. The summed E-state index contributed by atoms with van der Waals surface area (Å²) in [6.45, 7) is 0.757. The van der Waals surface area contributed by atoms with E-state index in [-0.39, 0.29) is 5.91 Å². The molecule has 6 nitrogen and oxygen atoms in total. The monoisotopic (exact) mass is 225 g/mol. The largest absolute Gasteiger partial charge is 0.382 e. The molecule has 6 heteroatoms. The number of amides is 1. The molecule has 0 aromatic carbocycles. The van der Waals surface area contributed by atoms with Gasteiger partial charge in [-0.05, 0) is 12.1 Å². The van der Waals surface area contributed by atoms with Crippen molar-refractivity contribution in [2.45, 2.75) is 0 Å². The van der Waals surface area contributed by atoms with E-state index in [1.807, 2.05) is 0 Å². The Balaban J connectivity index is 2.29. The van der Waals surface area contributed by atoms with Gasteiger partial charge < -0.3 is 4.74 Å². The van der Waals surface area contributed by atoms with Crippen molar-refractivity contribution in [3.05, 3.63) is 24.0 Å². The van der Waals surface area contributed by atoms with Crippen molar-refractivity contribution in [2.75, 3.05) is 20.3 Å². The average Bonchev–Trinajstić information content (AvgIpc) is 2.67. The van der Waals surface area contributed by atoms with Crippen LogP contribution in [0.4, 0.5) is 0 Å². The number of ether oxygens (including phenoxy) is 1. The fourth-order valence-corrected chi connectivity index (χ4v) is 0.990. The maximum absolute atomic E-state index is 11.2. The van der Waals surface area contributed by atoms with E-state index in [2.05, 4.69) is 10.6 Å². The Bertz CT molecular complexity index is 360. The van der Waals surface area contributed by atoms with Gasteiger partial charge in [-0.2, -0.15) is 5.10 Å². The van der Waals surface area contributed by atoms with Crippen molar-refractivity contribution < 1.29 is 14.4 Å². The predicted octanol–water partition coefficient (Wildman–Crippen LogP) is 0.127. The Morgan fingerprint density at radius 2 is 2.44 bits per heavy atom. The van der Waals surface area contributed by atoms with Gasteiger partial charge in [-0.15, -0.1) is 0 Å². The highest BCUT2D eigenvalue weighted by molar-refractivity contribution is 5.90. The number of hydroxylamine groups is 1. The smallest absolute Gasteiger partial charge is 0.267 e. The van der Waals surface area contributed by atoms with Crippen LogP contribution in [0.3, 0.4) is 0 Å². The number of carbonyl (C=O) groups excluding carboxylic acids is 1. The number of hydrogen-bond acceptors (Lipinski definition) is 4. The van der Waals surface area contributed by atoms with Crippen LogP contribution >= 0.6 is 0 Å². The second kappa shape index (κ2) is 6.76. The Kier molecular flexibility index (Phi) is 5.24. The Morgan fingerprint density at radius 3 is 3.06 bits per heavy atom. The second-order valence-corrected chi connectivity index (χ2v) is 3.02. The van der Waals surface area contributed by atoms with Crippen molar-refractivity contribution in [1.82, 2.24) is 15.3 Å². The number of carbonyl (C=O) groups is 1. The molecule has 0 bridgehead atoms. The van der Waals surface area contributed by atoms with Crippen molar-refractivity contribution in [1.29, 1.82) is 0 Å². The van der Waals surface area contributed by atoms with E-state index in [0.717, 1.165) is 5.69 Å². The molecule has 0 aliphatic rings. The Hall–Kier alpha value is -1.66. The number of nitrogens with zero attached hydrogens (tertiary/aromatic N) is 2. The van der Waals surface area contributed by atoms with Crippen LogP contribution in [0.25, 0.3) is 6.08 Å². The highest BCUT2D eigenvalue weighted by Crippen LogP contribution is 1.98. The van der Waals surface area contributed by atoms with Crippen LogP contribution in [0.1, 0.15) is 5.69 Å². The number of hydrogen-bond donors (Lipinski definition) is 1. The van der Waals surface area contributed by atoms with E-state index in [9.17, 15) is 4.79 Å². The van der Waals surface area contributed by atoms with Crippen molar-refractivity contribution in [3.63, 3.8) is 0 Å². The first-order valence-electron chi connectivity index (χ1n) is 4.81. The van der Waals surface area contributed by atoms with Gasteiger partial charge in [0.2, 0.25) is 0 Å². The van der Waals surface area contributed by atoms with Gasteiger partial charge in [0.05, 0.1) is 18.9 Å². The standard InChI is InChI=1S/C10H15N3O3/c1-13-9(5-6-11-13)3-4-10(14)12-16-8-7-15-2/h3-6H,7-8H2,1-2H3,(H,12,14)/b4-3+. The molecule has 0 aliphatic carbocycles. The minimum Gasteiger partial charge on any atom is -0.382 e. The molecule has 1 aromatic heterocycles. The maximum Gasteiger partial charge on any atom is 0.267 e. The minimum absolute atomic E-state index is 0.321. The quantitative estimate of drug-likeness (QED) is 0.424. The van der Waals surface area contributed by atoms with Gasteiger partial charge in [0.1, 0.15) is 0 Å². The molecule has 1 amide bonds. The number of aromatic nitrogens is 2. The summed E-state index contributed by atoms with van der Waals surface area (Å²) in [6, 6.07) is 1.80. The van der Waals surface area contributed by atoms with Crippen LogP contribution in [0, 0.1) is 0 Å². The summed E-state index contributed by atoms with van der Waals surface area (Å²) < 4.78 is 6.41. The predicted molar refractivity (Wildman–Crippen MR) is 58.2 cm³/mol. The summed E-state index contributed by atoms with van der Waals surface area (Å²) in [7, 11) is 3.36. The van der Waals surface area contributed by atoms with Crippen molar-refractivity contribution in [2.24, 2.45) is 7.05 Å². The minimum atomic E-state index is -0.322. The third-order valence-corrected chi connectivity index (χ3v) is 1.83. The normalized spacial score (nSPS) is 10.9. The van der Waals surface area contributed by atoms with Crippen LogP contribution in [0.15, 0.2) is 18.3 Å². The third-order valence-electron chi connectivity index (χ3n) is 1.83. The molecule has 0 radical (unpaired) electrons. The molecule has 1 heterocycles. The van der Waals surface area contributed by atoms with Crippen LogP contribution in [-0.2, 0) is 21.4 Å². The first-order valence-corrected chi connectivity index (χ1v) is 4.81. The van der Waals surface area contributed by atoms with Gasteiger partial charge in [0, 0.05) is 26.4 Å². The lowest BCUT2D eigenvalue weighted by Crippen LogP contribution is -2.23. The summed E-state index contributed by atoms with van der Waals surface area (Å²) in [4.78, 5) is 16.1. The SMILES string of the molecule is COCCONC(=O)/C=C/c1ccnn1C. The van der Waals surface area contributed by atoms with Crippen molar-refractivity contribution >= 4 is 12.0 Å². The molecule has 0 aliphatic heterocycles. The molecule has 0 spiro atoms. The van der Waals surface area contributed by atoms with E-state index in [4.69, 9.17) is 9.57 Å². The van der Waals surface area contributed by atoms with Crippen LogP contribution in [-0.4, -0.2) is 36.0 Å². The summed E-state index contributed by atoms with van der Waals surface area (Å²) in [5.74, 6) is -0.322. The fraction of sp³-hybridized carbons (Fsp3) is 0.400. The third kappa shape index (κ3) is 4.24. The molecule has 88 valence electrons. The molecule has 0 atom stereocenters.